The molecule has 9 nitrogen and oxygen atoms in total. The smallest absolute Gasteiger partial charge is 0.162 e. The molecule has 6 rings (SSSR count). The Labute approximate surface area is 221 Å². The first-order valence-corrected chi connectivity index (χ1v) is 14.0. The number of morpholine rings is 2. The van der Waals surface area contributed by atoms with Crippen LogP contribution in [0.3, 0.4) is 0 Å². The zero-order chi connectivity index (χ0) is 25.2. The number of hydrogen-bond acceptors (Lipinski definition) is 10. The van der Waals surface area contributed by atoms with E-state index >= 15 is 0 Å². The van der Waals surface area contributed by atoms with Gasteiger partial charge in [0.2, 0.25) is 0 Å². The minimum atomic E-state index is -0.612. The number of benzene rings is 1. The predicted molar refractivity (Wildman–Crippen MR) is 144 cm³/mol. The summed E-state index contributed by atoms with van der Waals surface area (Å²) < 4.78 is 12.1. The number of hydrogen-bond donors (Lipinski definition) is 2. The normalized spacial score (nSPS) is 21.5. The molecule has 3 saturated heterocycles. The van der Waals surface area contributed by atoms with Crippen LogP contribution < -0.4 is 4.90 Å². The highest BCUT2D eigenvalue weighted by atomic mass is 32.1. The van der Waals surface area contributed by atoms with Crippen LogP contribution in [0.15, 0.2) is 30.3 Å². The number of anilines is 1. The molecule has 0 unspecified atom stereocenters. The molecule has 3 aromatic rings. The third kappa shape index (κ3) is 5.74. The van der Waals surface area contributed by atoms with Crippen molar-refractivity contribution in [1.29, 1.82) is 0 Å². The van der Waals surface area contributed by atoms with E-state index < -0.39 is 5.60 Å². The van der Waals surface area contributed by atoms with Crippen molar-refractivity contribution in [1.82, 2.24) is 19.8 Å². The molecule has 0 saturated carbocycles. The zero-order valence-electron chi connectivity index (χ0n) is 21.1. The molecule has 2 N–H and O–H groups in total. The summed E-state index contributed by atoms with van der Waals surface area (Å²) in [4.78, 5) is 18.2. The first-order valence-electron chi connectivity index (χ1n) is 13.2. The Morgan fingerprint density at radius 3 is 2.35 bits per heavy atom. The maximum atomic E-state index is 11.2. The van der Waals surface area contributed by atoms with Gasteiger partial charge >= 0.3 is 0 Å². The van der Waals surface area contributed by atoms with Crippen LogP contribution in [0, 0.1) is 0 Å². The second-order valence-electron chi connectivity index (χ2n) is 10.3. The average Bonchev–Trinajstić information content (AvgIpc) is 3.33. The molecule has 0 spiro atoms. The first kappa shape index (κ1) is 25.0. The molecule has 3 fully saturated rings. The van der Waals surface area contributed by atoms with Crippen LogP contribution >= 0.6 is 11.3 Å². The minimum absolute atomic E-state index is 0.207. The van der Waals surface area contributed by atoms with Crippen molar-refractivity contribution >= 4 is 27.4 Å². The number of fused-ring (bicyclic) bond motifs is 1. The first-order chi connectivity index (χ1) is 18.0. The van der Waals surface area contributed by atoms with Crippen molar-refractivity contribution in [2.24, 2.45) is 0 Å². The molecule has 3 aliphatic heterocycles. The number of ether oxygens (including phenoxy) is 2. The van der Waals surface area contributed by atoms with Crippen LogP contribution in [0.5, 0.6) is 5.75 Å². The maximum absolute atomic E-state index is 11.2. The predicted octanol–water partition coefficient (Wildman–Crippen LogP) is 2.56. The Balaban J connectivity index is 1.21. The van der Waals surface area contributed by atoms with Gasteiger partial charge in [-0.25, -0.2) is 9.97 Å². The van der Waals surface area contributed by atoms with Gasteiger partial charge in [0.1, 0.15) is 5.75 Å². The Hall–Kier alpha value is -2.34. The number of thiophene rings is 1. The number of aromatic hydroxyl groups is 1. The lowest BCUT2D eigenvalue weighted by Gasteiger charge is -2.41. The van der Waals surface area contributed by atoms with Crippen LogP contribution in [0.4, 0.5) is 5.82 Å². The summed E-state index contributed by atoms with van der Waals surface area (Å²) in [5.41, 5.74) is 1.13. The number of aliphatic hydroxyl groups is 1. The Bertz CT molecular complexity index is 1220. The molecular weight excluding hydrogens is 490 g/mol. The molecule has 0 bridgehead atoms. The van der Waals surface area contributed by atoms with Crippen LogP contribution in [-0.2, 0) is 16.0 Å². The molecule has 2 aromatic heterocycles. The van der Waals surface area contributed by atoms with Gasteiger partial charge in [-0.15, -0.1) is 11.3 Å². The van der Waals surface area contributed by atoms with E-state index in [1.54, 1.807) is 23.5 Å². The zero-order valence-corrected chi connectivity index (χ0v) is 22.0. The van der Waals surface area contributed by atoms with Crippen molar-refractivity contribution in [3.63, 3.8) is 0 Å². The number of rotatable bonds is 6. The summed E-state index contributed by atoms with van der Waals surface area (Å²) in [6.07, 6.45) is 1.57. The summed E-state index contributed by atoms with van der Waals surface area (Å²) in [7, 11) is 0. The number of β-amino-alcohol motifs (C(OH)–C–C–N with tert-alkyl or cyclic N) is 1. The van der Waals surface area contributed by atoms with E-state index in [2.05, 4.69) is 20.8 Å². The number of phenolic OH excluding ortho intramolecular Hbond substituents is 1. The third-order valence-corrected chi connectivity index (χ3v) is 8.71. The fourth-order valence-corrected chi connectivity index (χ4v) is 6.64. The monoisotopic (exact) mass is 525 g/mol. The second-order valence-corrected chi connectivity index (χ2v) is 11.5. The van der Waals surface area contributed by atoms with Gasteiger partial charge in [0.25, 0.3) is 0 Å². The van der Waals surface area contributed by atoms with E-state index in [9.17, 15) is 10.2 Å². The molecule has 0 atom stereocenters. The molecule has 0 aliphatic carbocycles. The Kier molecular flexibility index (Phi) is 7.29. The van der Waals surface area contributed by atoms with Gasteiger partial charge in [-0.2, -0.15) is 0 Å². The number of likely N-dealkylation sites (tertiary alicyclic amines) is 1. The molecule has 0 amide bonds. The summed E-state index contributed by atoms with van der Waals surface area (Å²) in [6, 6.07) is 9.31. The highest BCUT2D eigenvalue weighted by Gasteiger charge is 2.34. The van der Waals surface area contributed by atoms with Crippen molar-refractivity contribution < 1.29 is 19.7 Å². The highest BCUT2D eigenvalue weighted by molar-refractivity contribution is 7.19. The van der Waals surface area contributed by atoms with Crippen LogP contribution in [-0.4, -0.2) is 108 Å². The van der Waals surface area contributed by atoms with Gasteiger partial charge in [0.05, 0.1) is 42.2 Å². The Morgan fingerprint density at radius 1 is 0.892 bits per heavy atom. The third-order valence-electron chi connectivity index (χ3n) is 7.61. The topological polar surface area (TPSA) is 94.4 Å². The highest BCUT2D eigenvalue weighted by Crippen LogP contribution is 2.36. The number of nitrogens with zero attached hydrogens (tertiary/aromatic N) is 5. The number of phenols is 1. The standard InChI is InChI=1S/C27H35N5O4S/c33-21-3-1-2-20(16-21)25-28-23-17-22(37-24(23)26(29-25)32-10-14-36-15-11-32)18-30-6-4-27(34,5-7-30)19-31-8-12-35-13-9-31/h1-3,16-17,33-34H,4-15,18-19H2. The second kappa shape index (κ2) is 10.8. The summed E-state index contributed by atoms with van der Waals surface area (Å²) >= 11 is 1.76. The van der Waals surface area contributed by atoms with E-state index in [-0.39, 0.29) is 5.75 Å². The Morgan fingerprint density at radius 2 is 1.62 bits per heavy atom. The van der Waals surface area contributed by atoms with Gasteiger partial charge in [-0.05, 0) is 31.0 Å². The van der Waals surface area contributed by atoms with Crippen molar-refractivity contribution in [3.05, 3.63) is 35.2 Å². The van der Waals surface area contributed by atoms with E-state index in [1.165, 1.54) is 4.88 Å². The van der Waals surface area contributed by atoms with E-state index in [4.69, 9.17) is 19.4 Å². The molecule has 1 aromatic carbocycles. The van der Waals surface area contributed by atoms with Crippen molar-refractivity contribution in [2.45, 2.75) is 25.0 Å². The van der Waals surface area contributed by atoms with Crippen molar-refractivity contribution in [2.75, 3.05) is 77.1 Å². The van der Waals surface area contributed by atoms with E-state index in [0.29, 0.717) is 19.0 Å². The van der Waals surface area contributed by atoms with Gasteiger partial charge in [-0.3, -0.25) is 9.80 Å². The van der Waals surface area contributed by atoms with Gasteiger partial charge < -0.3 is 24.6 Å². The number of piperidine rings is 1. The SMILES string of the molecule is Oc1cccc(-c2nc(N3CCOCC3)c3sc(CN4CCC(O)(CN5CCOCC5)CC4)cc3n2)c1. The summed E-state index contributed by atoms with van der Waals surface area (Å²) in [5, 5.41) is 21.2. The van der Waals surface area contributed by atoms with Gasteiger partial charge in [0.15, 0.2) is 11.6 Å². The largest absolute Gasteiger partial charge is 0.508 e. The lowest BCUT2D eigenvalue weighted by Crippen LogP contribution is -2.52. The lowest BCUT2D eigenvalue weighted by molar-refractivity contribution is -0.0647. The molecular formula is C27H35N5O4S. The molecule has 5 heterocycles. The molecule has 37 heavy (non-hydrogen) atoms. The quantitative estimate of drug-likeness (QED) is 0.504. The number of aromatic nitrogens is 2. The van der Waals surface area contributed by atoms with Crippen LogP contribution in [0.1, 0.15) is 17.7 Å². The molecule has 198 valence electrons. The van der Waals surface area contributed by atoms with Gasteiger partial charge in [0, 0.05) is 62.8 Å². The average molecular weight is 526 g/mol. The van der Waals surface area contributed by atoms with Crippen molar-refractivity contribution in [3.8, 4) is 17.1 Å². The fourth-order valence-electron chi connectivity index (χ4n) is 5.49. The maximum Gasteiger partial charge on any atom is 0.162 e. The molecule has 3 aliphatic rings. The summed E-state index contributed by atoms with van der Waals surface area (Å²) in [6.45, 7) is 9.65. The molecule has 0 radical (unpaired) electrons. The minimum Gasteiger partial charge on any atom is -0.508 e. The lowest BCUT2D eigenvalue weighted by atomic mass is 9.90. The van der Waals surface area contributed by atoms with E-state index in [0.717, 1.165) is 100 Å². The molecule has 10 heteroatoms. The van der Waals surface area contributed by atoms with Gasteiger partial charge in [-0.1, -0.05) is 12.1 Å². The van der Waals surface area contributed by atoms with Crippen LogP contribution in [0.25, 0.3) is 21.6 Å². The van der Waals surface area contributed by atoms with E-state index in [1.807, 2.05) is 12.1 Å². The fraction of sp³-hybridized carbons (Fsp3) is 0.556. The summed E-state index contributed by atoms with van der Waals surface area (Å²) in [5.74, 6) is 1.78. The van der Waals surface area contributed by atoms with Crippen LogP contribution in [0.2, 0.25) is 0 Å².